The van der Waals surface area contributed by atoms with E-state index < -0.39 is 0 Å². The van der Waals surface area contributed by atoms with Crippen LogP contribution in [0.25, 0.3) is 17.1 Å². The Balaban J connectivity index is 1.42. The molecular formula is C20H19N5O. The highest BCUT2D eigenvalue weighted by Gasteiger charge is 2.11. The average Bonchev–Trinajstić information content (AvgIpc) is 3.39. The summed E-state index contributed by atoms with van der Waals surface area (Å²) in [6.07, 6.45) is 5.50. The zero-order valence-electron chi connectivity index (χ0n) is 14.4. The van der Waals surface area contributed by atoms with Crippen LogP contribution in [0.1, 0.15) is 24.4 Å². The average molecular weight is 345 g/mol. The number of imidazole rings is 1. The Bertz CT molecular complexity index is 963. The van der Waals surface area contributed by atoms with Crippen molar-refractivity contribution < 1.29 is 4.42 Å². The molecule has 6 nitrogen and oxygen atoms in total. The van der Waals surface area contributed by atoms with E-state index in [0.29, 0.717) is 18.3 Å². The van der Waals surface area contributed by atoms with Gasteiger partial charge in [-0.3, -0.25) is 0 Å². The molecule has 0 aliphatic heterocycles. The standard InChI is InChI=1S/C20H19N5O/c1-15(17-8-5-9-18(12-17)25-11-10-21-14-25)22-13-19-23-24-20(26-19)16-6-3-2-4-7-16/h2-12,14-15,22H,13H2,1H3. The van der Waals surface area contributed by atoms with Gasteiger partial charge in [-0.15, -0.1) is 10.2 Å². The lowest BCUT2D eigenvalue weighted by Crippen LogP contribution is -2.18. The molecule has 4 aromatic rings. The van der Waals surface area contributed by atoms with Gasteiger partial charge in [0.25, 0.3) is 0 Å². The smallest absolute Gasteiger partial charge is 0.247 e. The van der Waals surface area contributed by atoms with Crippen LogP contribution in [0.15, 0.2) is 77.7 Å². The van der Waals surface area contributed by atoms with Crippen molar-refractivity contribution in [3.05, 3.63) is 84.8 Å². The highest BCUT2D eigenvalue weighted by atomic mass is 16.4. The monoisotopic (exact) mass is 345 g/mol. The first-order valence-corrected chi connectivity index (χ1v) is 8.49. The first-order chi connectivity index (χ1) is 12.8. The van der Waals surface area contributed by atoms with Crippen molar-refractivity contribution >= 4 is 0 Å². The second kappa shape index (κ2) is 7.33. The van der Waals surface area contributed by atoms with E-state index in [1.807, 2.05) is 47.2 Å². The van der Waals surface area contributed by atoms with Gasteiger partial charge in [0.2, 0.25) is 11.8 Å². The SMILES string of the molecule is CC(NCc1nnc(-c2ccccc2)o1)c1cccc(-n2ccnc2)c1. The van der Waals surface area contributed by atoms with Crippen molar-refractivity contribution in [3.8, 4) is 17.1 Å². The lowest BCUT2D eigenvalue weighted by molar-refractivity contribution is 0.454. The predicted octanol–water partition coefficient (Wildman–Crippen LogP) is 3.77. The summed E-state index contributed by atoms with van der Waals surface area (Å²) in [5.41, 5.74) is 3.18. The highest BCUT2D eigenvalue weighted by molar-refractivity contribution is 5.51. The molecule has 1 atom stereocenters. The summed E-state index contributed by atoms with van der Waals surface area (Å²) in [4.78, 5) is 4.10. The Labute approximate surface area is 151 Å². The molecule has 6 heteroatoms. The van der Waals surface area contributed by atoms with Crippen LogP contribution >= 0.6 is 0 Å². The molecule has 26 heavy (non-hydrogen) atoms. The lowest BCUT2D eigenvalue weighted by atomic mass is 10.1. The van der Waals surface area contributed by atoms with E-state index in [0.717, 1.165) is 11.3 Å². The van der Waals surface area contributed by atoms with Crippen LogP contribution in [0.5, 0.6) is 0 Å². The van der Waals surface area contributed by atoms with Gasteiger partial charge in [-0.25, -0.2) is 4.98 Å². The van der Waals surface area contributed by atoms with Crippen LogP contribution in [-0.2, 0) is 6.54 Å². The van der Waals surface area contributed by atoms with Crippen LogP contribution in [0.4, 0.5) is 0 Å². The van der Waals surface area contributed by atoms with Crippen LogP contribution in [0.3, 0.4) is 0 Å². The molecule has 2 aromatic heterocycles. The Morgan fingerprint density at radius 3 is 2.77 bits per heavy atom. The summed E-state index contributed by atoms with van der Waals surface area (Å²) >= 11 is 0. The van der Waals surface area contributed by atoms with Crippen molar-refractivity contribution in [2.45, 2.75) is 19.5 Å². The van der Waals surface area contributed by atoms with E-state index in [-0.39, 0.29) is 6.04 Å². The third-order valence-corrected chi connectivity index (χ3v) is 4.22. The number of nitrogens with zero attached hydrogens (tertiary/aromatic N) is 4. The molecule has 0 aliphatic rings. The minimum Gasteiger partial charge on any atom is -0.419 e. The van der Waals surface area contributed by atoms with Gasteiger partial charge in [-0.2, -0.15) is 0 Å². The quantitative estimate of drug-likeness (QED) is 0.576. The van der Waals surface area contributed by atoms with Crippen LogP contribution in [-0.4, -0.2) is 19.7 Å². The molecule has 2 heterocycles. The number of benzene rings is 2. The summed E-state index contributed by atoms with van der Waals surface area (Å²) in [6, 6.07) is 18.3. The molecule has 1 N–H and O–H groups in total. The van der Waals surface area contributed by atoms with Gasteiger partial charge < -0.3 is 14.3 Å². The van der Waals surface area contributed by atoms with Crippen molar-refractivity contribution in [1.29, 1.82) is 0 Å². The first kappa shape index (κ1) is 16.2. The maximum Gasteiger partial charge on any atom is 0.247 e. The van der Waals surface area contributed by atoms with Gasteiger partial charge in [0, 0.05) is 29.7 Å². The molecule has 0 saturated heterocycles. The molecule has 0 fully saturated rings. The van der Waals surface area contributed by atoms with Gasteiger partial charge in [0.1, 0.15) is 0 Å². The van der Waals surface area contributed by atoms with Gasteiger partial charge in [0.15, 0.2) is 0 Å². The van der Waals surface area contributed by atoms with E-state index in [4.69, 9.17) is 4.42 Å². The molecule has 0 amide bonds. The summed E-state index contributed by atoms with van der Waals surface area (Å²) in [5, 5.41) is 11.7. The molecule has 0 spiro atoms. The molecule has 2 aromatic carbocycles. The highest BCUT2D eigenvalue weighted by Crippen LogP contribution is 2.19. The van der Waals surface area contributed by atoms with Crippen molar-refractivity contribution in [2.75, 3.05) is 0 Å². The molecule has 1 unspecified atom stereocenters. The van der Waals surface area contributed by atoms with E-state index in [1.54, 1.807) is 12.5 Å². The van der Waals surface area contributed by atoms with Gasteiger partial charge in [-0.05, 0) is 36.8 Å². The normalized spacial score (nSPS) is 12.2. The summed E-state index contributed by atoms with van der Waals surface area (Å²) in [6.45, 7) is 2.62. The summed E-state index contributed by atoms with van der Waals surface area (Å²) in [7, 11) is 0. The molecule has 0 bridgehead atoms. The molecular weight excluding hydrogens is 326 g/mol. The van der Waals surface area contributed by atoms with Crippen LogP contribution in [0, 0.1) is 0 Å². The minimum atomic E-state index is 0.144. The van der Waals surface area contributed by atoms with Crippen molar-refractivity contribution in [1.82, 2.24) is 25.1 Å². The maximum atomic E-state index is 5.74. The third kappa shape index (κ3) is 3.55. The second-order valence-electron chi connectivity index (χ2n) is 6.03. The Hall–Kier alpha value is -3.25. The number of nitrogens with one attached hydrogen (secondary N) is 1. The van der Waals surface area contributed by atoms with Crippen LogP contribution < -0.4 is 5.32 Å². The van der Waals surface area contributed by atoms with E-state index >= 15 is 0 Å². The fourth-order valence-electron chi connectivity index (χ4n) is 2.75. The lowest BCUT2D eigenvalue weighted by Gasteiger charge is -2.14. The van der Waals surface area contributed by atoms with Gasteiger partial charge in [0.05, 0.1) is 12.9 Å². The van der Waals surface area contributed by atoms with Crippen molar-refractivity contribution in [3.63, 3.8) is 0 Å². The number of hydrogen-bond acceptors (Lipinski definition) is 5. The zero-order chi connectivity index (χ0) is 17.8. The fourth-order valence-corrected chi connectivity index (χ4v) is 2.75. The van der Waals surface area contributed by atoms with Crippen molar-refractivity contribution in [2.24, 2.45) is 0 Å². The van der Waals surface area contributed by atoms with E-state index in [9.17, 15) is 0 Å². The fraction of sp³-hybridized carbons (Fsp3) is 0.150. The predicted molar refractivity (Wildman–Crippen MR) is 98.6 cm³/mol. The third-order valence-electron chi connectivity index (χ3n) is 4.22. The van der Waals surface area contributed by atoms with Gasteiger partial charge >= 0.3 is 0 Å². The Morgan fingerprint density at radius 1 is 1.08 bits per heavy atom. The largest absolute Gasteiger partial charge is 0.419 e. The number of rotatable bonds is 6. The summed E-state index contributed by atoms with van der Waals surface area (Å²) in [5.74, 6) is 1.11. The minimum absolute atomic E-state index is 0.144. The maximum absolute atomic E-state index is 5.74. The second-order valence-corrected chi connectivity index (χ2v) is 6.03. The zero-order valence-corrected chi connectivity index (χ0v) is 14.4. The van der Waals surface area contributed by atoms with E-state index in [2.05, 4.69) is 45.6 Å². The summed E-state index contributed by atoms with van der Waals surface area (Å²) < 4.78 is 7.73. The van der Waals surface area contributed by atoms with Gasteiger partial charge in [-0.1, -0.05) is 30.3 Å². The molecule has 0 radical (unpaired) electrons. The van der Waals surface area contributed by atoms with E-state index in [1.165, 1.54) is 5.56 Å². The molecule has 4 rings (SSSR count). The number of aromatic nitrogens is 4. The first-order valence-electron chi connectivity index (χ1n) is 8.49. The Morgan fingerprint density at radius 2 is 1.96 bits per heavy atom. The molecule has 130 valence electrons. The molecule has 0 saturated carbocycles. The Kier molecular flexibility index (Phi) is 4.57. The molecule has 0 aliphatic carbocycles. The number of hydrogen-bond donors (Lipinski definition) is 1. The van der Waals surface area contributed by atoms with Crippen LogP contribution in [0.2, 0.25) is 0 Å². The topological polar surface area (TPSA) is 68.8 Å².